The maximum absolute atomic E-state index is 12.2. The van der Waals surface area contributed by atoms with Gasteiger partial charge in [0.15, 0.2) is 6.61 Å². The molecule has 5 nitrogen and oxygen atoms in total. The van der Waals surface area contributed by atoms with Gasteiger partial charge in [-0.2, -0.15) is 0 Å². The number of hydrogen-bond donors (Lipinski definition) is 1. The van der Waals surface area contributed by atoms with E-state index < -0.39 is 0 Å². The van der Waals surface area contributed by atoms with Crippen LogP contribution in [0.4, 0.5) is 11.4 Å². The molecule has 1 N–H and O–H groups in total. The molecule has 2 aromatic carbocycles. The third kappa shape index (κ3) is 4.51. The molecule has 3 rings (SSSR count). The summed E-state index contributed by atoms with van der Waals surface area (Å²) in [5.74, 6) is 0.0837. The minimum Gasteiger partial charge on any atom is -0.482 e. The molecule has 0 atom stereocenters. The zero-order valence-corrected chi connectivity index (χ0v) is 15.8. The van der Waals surface area contributed by atoms with Crippen molar-refractivity contribution in [2.75, 3.05) is 23.4 Å². The molecule has 138 valence electrons. The van der Waals surface area contributed by atoms with Gasteiger partial charge in [0, 0.05) is 28.4 Å². The highest BCUT2D eigenvalue weighted by molar-refractivity contribution is 6.35. The maximum atomic E-state index is 12.2. The van der Waals surface area contributed by atoms with Crippen LogP contribution in [-0.4, -0.2) is 25.0 Å². The average Bonchev–Trinajstić information content (AvgIpc) is 2.63. The Bertz CT molecular complexity index is 941. The van der Waals surface area contributed by atoms with Crippen LogP contribution >= 0.6 is 23.2 Å². The van der Waals surface area contributed by atoms with Crippen LogP contribution in [0.2, 0.25) is 10.0 Å². The fourth-order valence-corrected chi connectivity index (χ4v) is 3.07. The van der Waals surface area contributed by atoms with E-state index >= 15 is 0 Å². The van der Waals surface area contributed by atoms with Crippen molar-refractivity contribution in [2.45, 2.75) is 0 Å². The van der Waals surface area contributed by atoms with Gasteiger partial charge in [0.05, 0.1) is 5.69 Å². The zero-order chi connectivity index (χ0) is 19.4. The predicted molar refractivity (Wildman–Crippen MR) is 109 cm³/mol. The molecule has 0 saturated carbocycles. The molecule has 0 bridgehead atoms. The van der Waals surface area contributed by atoms with Crippen LogP contribution in [0.25, 0.3) is 6.08 Å². The van der Waals surface area contributed by atoms with E-state index in [2.05, 4.69) is 11.9 Å². The minimum absolute atomic E-state index is 0.0167. The molecule has 0 radical (unpaired) electrons. The summed E-state index contributed by atoms with van der Waals surface area (Å²) in [5.41, 5.74) is 1.81. The Hall–Kier alpha value is -2.76. The van der Waals surface area contributed by atoms with Crippen molar-refractivity contribution in [3.05, 3.63) is 70.7 Å². The largest absolute Gasteiger partial charge is 0.482 e. The molecular formula is C20H16Cl2N2O3. The summed E-state index contributed by atoms with van der Waals surface area (Å²) in [6.45, 7) is 4.01. The molecule has 1 heterocycles. The highest BCUT2D eigenvalue weighted by Gasteiger charge is 2.24. The van der Waals surface area contributed by atoms with Crippen LogP contribution in [0.15, 0.2) is 55.1 Å². The number of benzene rings is 2. The highest BCUT2D eigenvalue weighted by atomic mass is 35.5. The van der Waals surface area contributed by atoms with Crippen molar-refractivity contribution in [3.8, 4) is 5.75 Å². The van der Waals surface area contributed by atoms with Gasteiger partial charge in [-0.3, -0.25) is 9.59 Å². The van der Waals surface area contributed by atoms with Crippen molar-refractivity contribution in [1.29, 1.82) is 0 Å². The third-order valence-corrected chi connectivity index (χ3v) is 4.42. The zero-order valence-electron chi connectivity index (χ0n) is 14.2. The SMILES string of the molecule is C=CCN1C(=O)COc2ccc(NC(=O)/C=C/c3ccc(Cl)cc3Cl)cc21. The molecule has 0 saturated heterocycles. The second-order valence-electron chi connectivity index (χ2n) is 5.75. The molecule has 7 heteroatoms. The van der Waals surface area contributed by atoms with Crippen molar-refractivity contribution in [3.63, 3.8) is 0 Å². The summed E-state index contributed by atoms with van der Waals surface area (Å²) in [5, 5.41) is 3.74. The number of hydrogen-bond acceptors (Lipinski definition) is 3. The summed E-state index contributed by atoms with van der Waals surface area (Å²) in [4.78, 5) is 25.8. The summed E-state index contributed by atoms with van der Waals surface area (Å²) in [6.07, 6.45) is 4.61. The van der Waals surface area contributed by atoms with Crippen LogP contribution in [0.1, 0.15) is 5.56 Å². The maximum Gasteiger partial charge on any atom is 0.265 e. The lowest BCUT2D eigenvalue weighted by atomic mass is 10.2. The number of nitrogens with one attached hydrogen (secondary N) is 1. The Labute approximate surface area is 166 Å². The lowest BCUT2D eigenvalue weighted by molar-refractivity contribution is -0.121. The summed E-state index contributed by atoms with van der Waals surface area (Å²) < 4.78 is 5.42. The molecule has 27 heavy (non-hydrogen) atoms. The predicted octanol–water partition coefficient (Wildman–Crippen LogP) is 4.56. The van der Waals surface area contributed by atoms with Gasteiger partial charge in [0.25, 0.3) is 5.91 Å². The van der Waals surface area contributed by atoms with E-state index in [9.17, 15) is 9.59 Å². The Morgan fingerprint density at radius 3 is 2.81 bits per heavy atom. The summed E-state index contributed by atoms with van der Waals surface area (Å²) in [7, 11) is 0. The fourth-order valence-electron chi connectivity index (χ4n) is 2.60. The molecule has 1 aliphatic rings. The molecule has 2 aromatic rings. The van der Waals surface area contributed by atoms with Crippen molar-refractivity contribution >= 4 is 52.5 Å². The van der Waals surface area contributed by atoms with Crippen LogP contribution in [0.3, 0.4) is 0 Å². The Morgan fingerprint density at radius 2 is 2.07 bits per heavy atom. The second-order valence-corrected chi connectivity index (χ2v) is 6.60. The number of anilines is 2. The van der Waals surface area contributed by atoms with E-state index in [1.807, 2.05) is 0 Å². The van der Waals surface area contributed by atoms with Gasteiger partial charge in [-0.15, -0.1) is 6.58 Å². The minimum atomic E-state index is -0.334. The lowest BCUT2D eigenvalue weighted by Crippen LogP contribution is -2.38. The lowest BCUT2D eigenvalue weighted by Gasteiger charge is -2.28. The van der Waals surface area contributed by atoms with Gasteiger partial charge in [-0.05, 0) is 42.0 Å². The number of rotatable bonds is 5. The first-order chi connectivity index (χ1) is 13.0. The van der Waals surface area contributed by atoms with Crippen LogP contribution in [-0.2, 0) is 9.59 Å². The van der Waals surface area contributed by atoms with Gasteiger partial charge in [0.1, 0.15) is 5.75 Å². The van der Waals surface area contributed by atoms with E-state index in [1.54, 1.807) is 53.5 Å². The van der Waals surface area contributed by atoms with Crippen LogP contribution in [0.5, 0.6) is 5.75 Å². The Morgan fingerprint density at radius 1 is 1.26 bits per heavy atom. The number of fused-ring (bicyclic) bond motifs is 1. The van der Waals surface area contributed by atoms with Gasteiger partial charge < -0.3 is 15.0 Å². The summed E-state index contributed by atoms with van der Waals surface area (Å²) >= 11 is 11.9. The van der Waals surface area contributed by atoms with Crippen LogP contribution in [0, 0.1) is 0 Å². The quantitative estimate of drug-likeness (QED) is 0.589. The van der Waals surface area contributed by atoms with Crippen molar-refractivity contribution in [1.82, 2.24) is 0 Å². The first-order valence-electron chi connectivity index (χ1n) is 8.10. The molecule has 0 aliphatic carbocycles. The van der Waals surface area contributed by atoms with E-state index in [0.29, 0.717) is 39.3 Å². The van der Waals surface area contributed by atoms with Crippen molar-refractivity contribution < 1.29 is 14.3 Å². The first kappa shape index (κ1) is 19.0. The molecule has 1 aliphatic heterocycles. The average molecular weight is 403 g/mol. The normalized spacial score (nSPS) is 13.3. The van der Waals surface area contributed by atoms with E-state index in [-0.39, 0.29) is 18.4 Å². The third-order valence-electron chi connectivity index (χ3n) is 3.86. The highest BCUT2D eigenvalue weighted by Crippen LogP contribution is 2.34. The topological polar surface area (TPSA) is 58.6 Å². The van der Waals surface area contributed by atoms with Gasteiger partial charge in [-0.25, -0.2) is 0 Å². The fraction of sp³-hybridized carbons (Fsp3) is 0.100. The number of ether oxygens (including phenoxy) is 1. The van der Waals surface area contributed by atoms with Gasteiger partial charge in [0.2, 0.25) is 5.91 Å². The molecular weight excluding hydrogens is 387 g/mol. The van der Waals surface area contributed by atoms with Gasteiger partial charge in [-0.1, -0.05) is 35.3 Å². The number of carbonyl (C=O) groups excluding carboxylic acids is 2. The molecule has 2 amide bonds. The number of halogens is 2. The molecule has 0 spiro atoms. The van der Waals surface area contributed by atoms with E-state index in [4.69, 9.17) is 27.9 Å². The number of carbonyl (C=O) groups is 2. The second kappa shape index (κ2) is 8.29. The Balaban J connectivity index is 1.76. The first-order valence-corrected chi connectivity index (χ1v) is 8.86. The standard InChI is InChI=1S/C20H16Cl2N2O3/c1-2-9-24-17-11-15(6-7-18(17)27-12-20(24)26)23-19(25)8-4-13-3-5-14(21)10-16(13)22/h2-8,10-11H,1,9,12H2,(H,23,25)/b8-4+. The summed E-state index contributed by atoms with van der Waals surface area (Å²) in [6, 6.07) is 10.1. The van der Waals surface area contributed by atoms with Crippen LogP contribution < -0.4 is 15.0 Å². The molecule has 0 aromatic heterocycles. The molecule has 0 unspecified atom stereocenters. The number of nitrogens with zero attached hydrogens (tertiary/aromatic N) is 1. The Kier molecular flexibility index (Phi) is 5.84. The van der Waals surface area contributed by atoms with E-state index in [0.717, 1.165) is 0 Å². The monoisotopic (exact) mass is 402 g/mol. The molecule has 0 fully saturated rings. The van der Waals surface area contributed by atoms with Gasteiger partial charge >= 0.3 is 0 Å². The smallest absolute Gasteiger partial charge is 0.265 e. The van der Waals surface area contributed by atoms with Crippen molar-refractivity contribution in [2.24, 2.45) is 0 Å². The number of amides is 2. The van der Waals surface area contributed by atoms with E-state index in [1.165, 1.54) is 6.08 Å².